The molecule has 0 bridgehead atoms. The van der Waals surface area contributed by atoms with E-state index in [1.807, 2.05) is 6.07 Å². The molecule has 0 saturated heterocycles. The molecule has 0 aliphatic carbocycles. The number of hydrogen-bond donors (Lipinski definition) is 0. The Morgan fingerprint density at radius 1 is 0.844 bits per heavy atom. The summed E-state index contributed by atoms with van der Waals surface area (Å²) in [5.41, 5.74) is 5.82. The molecule has 0 fully saturated rings. The van der Waals surface area contributed by atoms with Gasteiger partial charge >= 0.3 is 0 Å². The van der Waals surface area contributed by atoms with E-state index in [4.69, 9.17) is 9.72 Å². The van der Waals surface area contributed by atoms with Gasteiger partial charge in [-0.3, -0.25) is 0 Å². The second kappa shape index (κ2) is 8.51. The maximum atomic E-state index is 6.36. The number of nitrogens with zero attached hydrogens (tertiary/aromatic N) is 2. The standard InChI is InChI=1S/C29H28N2O/c1-20(2)25-15-12-21(3)16-28(25)32-19-29-30-26-10-6-7-11-27(26)31(29)18-22-13-14-23-8-4-5-9-24(23)17-22/h4-17,20H,18-19H2,1-3H3. The Bertz CT molecular complexity index is 1400. The van der Waals surface area contributed by atoms with Gasteiger partial charge in [0.25, 0.3) is 0 Å². The maximum absolute atomic E-state index is 6.36. The number of rotatable bonds is 6. The van der Waals surface area contributed by atoms with E-state index in [1.165, 1.54) is 27.5 Å². The lowest BCUT2D eigenvalue weighted by Gasteiger charge is -2.16. The van der Waals surface area contributed by atoms with E-state index < -0.39 is 0 Å². The lowest BCUT2D eigenvalue weighted by atomic mass is 10.0. The monoisotopic (exact) mass is 420 g/mol. The van der Waals surface area contributed by atoms with E-state index in [1.54, 1.807) is 0 Å². The number of fused-ring (bicyclic) bond motifs is 2. The quantitative estimate of drug-likeness (QED) is 0.289. The van der Waals surface area contributed by atoms with Crippen molar-refractivity contribution in [2.75, 3.05) is 0 Å². The van der Waals surface area contributed by atoms with Gasteiger partial charge in [0.1, 0.15) is 18.2 Å². The molecule has 0 spiro atoms. The largest absolute Gasteiger partial charge is 0.485 e. The van der Waals surface area contributed by atoms with Crippen LogP contribution >= 0.6 is 0 Å². The lowest BCUT2D eigenvalue weighted by Crippen LogP contribution is -2.09. The van der Waals surface area contributed by atoms with Gasteiger partial charge in [0.2, 0.25) is 0 Å². The maximum Gasteiger partial charge on any atom is 0.148 e. The Morgan fingerprint density at radius 2 is 1.62 bits per heavy atom. The first-order valence-corrected chi connectivity index (χ1v) is 11.2. The van der Waals surface area contributed by atoms with Gasteiger partial charge in [-0.1, -0.05) is 74.5 Å². The second-order valence-electron chi connectivity index (χ2n) is 8.77. The molecule has 0 aliphatic rings. The van der Waals surface area contributed by atoms with Crippen molar-refractivity contribution in [3.63, 3.8) is 0 Å². The predicted molar refractivity (Wildman–Crippen MR) is 132 cm³/mol. The molecule has 0 atom stereocenters. The molecule has 0 saturated carbocycles. The Hall–Kier alpha value is -3.59. The zero-order valence-corrected chi connectivity index (χ0v) is 18.9. The van der Waals surface area contributed by atoms with Crippen molar-refractivity contribution < 1.29 is 4.74 Å². The number of aromatic nitrogens is 2. The van der Waals surface area contributed by atoms with Crippen molar-refractivity contribution in [3.05, 3.63) is 107 Å². The van der Waals surface area contributed by atoms with Crippen molar-refractivity contribution in [1.82, 2.24) is 9.55 Å². The molecule has 4 aromatic carbocycles. The van der Waals surface area contributed by atoms with Crippen LogP contribution < -0.4 is 4.74 Å². The summed E-state index contributed by atoms with van der Waals surface area (Å²) in [6, 6.07) is 29.9. The smallest absolute Gasteiger partial charge is 0.148 e. The third kappa shape index (κ3) is 3.99. The van der Waals surface area contributed by atoms with E-state index in [0.717, 1.165) is 29.2 Å². The lowest BCUT2D eigenvalue weighted by molar-refractivity contribution is 0.287. The van der Waals surface area contributed by atoms with Crippen LogP contribution in [0.3, 0.4) is 0 Å². The fourth-order valence-electron chi connectivity index (χ4n) is 4.32. The molecule has 32 heavy (non-hydrogen) atoms. The minimum atomic E-state index is 0.405. The van der Waals surface area contributed by atoms with Gasteiger partial charge in [0.15, 0.2) is 0 Å². The molecule has 1 aromatic heterocycles. The van der Waals surface area contributed by atoms with Crippen LogP contribution in [0.5, 0.6) is 5.75 Å². The molecule has 0 radical (unpaired) electrons. The van der Waals surface area contributed by atoms with E-state index in [0.29, 0.717) is 12.5 Å². The Morgan fingerprint density at radius 3 is 2.47 bits per heavy atom. The van der Waals surface area contributed by atoms with Crippen LogP contribution in [-0.2, 0) is 13.2 Å². The zero-order chi connectivity index (χ0) is 22.1. The van der Waals surface area contributed by atoms with Crippen molar-refractivity contribution in [3.8, 4) is 5.75 Å². The Balaban J connectivity index is 1.50. The average molecular weight is 421 g/mol. The van der Waals surface area contributed by atoms with Crippen LogP contribution in [0.4, 0.5) is 0 Å². The average Bonchev–Trinajstić information content (AvgIpc) is 3.15. The number of para-hydroxylation sites is 2. The van der Waals surface area contributed by atoms with Crippen LogP contribution in [0.2, 0.25) is 0 Å². The third-order valence-electron chi connectivity index (χ3n) is 6.04. The first kappa shape index (κ1) is 20.3. The summed E-state index contributed by atoms with van der Waals surface area (Å²) in [5.74, 6) is 2.29. The highest BCUT2D eigenvalue weighted by Gasteiger charge is 2.14. The summed E-state index contributed by atoms with van der Waals surface area (Å²) in [6.07, 6.45) is 0. The van der Waals surface area contributed by atoms with Gasteiger partial charge in [0, 0.05) is 6.54 Å². The zero-order valence-electron chi connectivity index (χ0n) is 18.9. The van der Waals surface area contributed by atoms with Gasteiger partial charge in [-0.25, -0.2) is 4.98 Å². The molecular formula is C29H28N2O. The second-order valence-corrected chi connectivity index (χ2v) is 8.77. The minimum Gasteiger partial charge on any atom is -0.485 e. The fourth-order valence-corrected chi connectivity index (χ4v) is 4.32. The van der Waals surface area contributed by atoms with Gasteiger partial charge in [-0.15, -0.1) is 0 Å². The first-order valence-electron chi connectivity index (χ1n) is 11.2. The normalized spacial score (nSPS) is 11.5. The predicted octanol–water partition coefficient (Wildman–Crippen LogP) is 7.25. The molecular weight excluding hydrogens is 392 g/mol. The van der Waals surface area contributed by atoms with Crippen LogP contribution in [0.15, 0.2) is 84.9 Å². The molecule has 0 unspecified atom stereocenters. The van der Waals surface area contributed by atoms with Crippen LogP contribution in [0.25, 0.3) is 21.8 Å². The van der Waals surface area contributed by atoms with Crippen LogP contribution in [-0.4, -0.2) is 9.55 Å². The minimum absolute atomic E-state index is 0.405. The van der Waals surface area contributed by atoms with Crippen molar-refractivity contribution in [1.29, 1.82) is 0 Å². The van der Waals surface area contributed by atoms with E-state index >= 15 is 0 Å². The molecule has 0 aliphatic heterocycles. The Kier molecular flexibility index (Phi) is 5.40. The molecule has 160 valence electrons. The third-order valence-corrected chi connectivity index (χ3v) is 6.04. The number of benzene rings is 4. The summed E-state index contributed by atoms with van der Waals surface area (Å²) in [5, 5.41) is 2.52. The first-order chi connectivity index (χ1) is 15.6. The summed E-state index contributed by atoms with van der Waals surface area (Å²) in [6.45, 7) is 7.70. The van der Waals surface area contributed by atoms with E-state index in [2.05, 4.69) is 104 Å². The van der Waals surface area contributed by atoms with E-state index in [-0.39, 0.29) is 0 Å². The van der Waals surface area contributed by atoms with Gasteiger partial charge in [0.05, 0.1) is 11.0 Å². The SMILES string of the molecule is Cc1ccc(C(C)C)c(OCc2nc3ccccc3n2Cc2ccc3ccccc3c2)c1. The molecule has 0 N–H and O–H groups in total. The molecule has 5 rings (SSSR count). The number of ether oxygens (including phenoxy) is 1. The van der Waals surface area contributed by atoms with Crippen molar-refractivity contribution in [2.24, 2.45) is 0 Å². The Labute approximate surface area is 189 Å². The van der Waals surface area contributed by atoms with Gasteiger partial charge in [-0.05, 0) is 64.6 Å². The summed E-state index contributed by atoms with van der Waals surface area (Å²) in [7, 11) is 0. The number of imidazole rings is 1. The summed E-state index contributed by atoms with van der Waals surface area (Å²) in [4.78, 5) is 4.92. The molecule has 5 aromatic rings. The molecule has 3 nitrogen and oxygen atoms in total. The fraction of sp³-hybridized carbons (Fsp3) is 0.207. The number of hydrogen-bond acceptors (Lipinski definition) is 2. The van der Waals surface area contributed by atoms with Crippen molar-refractivity contribution in [2.45, 2.75) is 39.8 Å². The molecule has 3 heteroatoms. The van der Waals surface area contributed by atoms with E-state index in [9.17, 15) is 0 Å². The summed E-state index contributed by atoms with van der Waals surface area (Å²) >= 11 is 0. The highest BCUT2D eigenvalue weighted by Crippen LogP contribution is 2.29. The van der Waals surface area contributed by atoms with Gasteiger partial charge in [-0.2, -0.15) is 0 Å². The topological polar surface area (TPSA) is 27.1 Å². The number of aryl methyl sites for hydroxylation is 1. The highest BCUT2D eigenvalue weighted by atomic mass is 16.5. The van der Waals surface area contributed by atoms with Crippen LogP contribution in [0.1, 0.15) is 42.3 Å². The summed E-state index contributed by atoms with van der Waals surface area (Å²) < 4.78 is 8.64. The molecule has 1 heterocycles. The highest BCUT2D eigenvalue weighted by molar-refractivity contribution is 5.83. The van der Waals surface area contributed by atoms with Crippen molar-refractivity contribution >= 4 is 21.8 Å². The van der Waals surface area contributed by atoms with Gasteiger partial charge < -0.3 is 9.30 Å². The van der Waals surface area contributed by atoms with Crippen LogP contribution in [0, 0.1) is 6.92 Å². The molecule has 0 amide bonds.